The molecule has 0 heterocycles. The minimum Gasteiger partial charge on any atom is -0.496 e. The monoisotopic (exact) mass is 324 g/mol. The summed E-state index contributed by atoms with van der Waals surface area (Å²) in [5.74, 6) is 0.721. The van der Waals surface area contributed by atoms with E-state index in [0.29, 0.717) is 22.3 Å². The van der Waals surface area contributed by atoms with Crippen molar-refractivity contribution in [3.63, 3.8) is 0 Å². The normalized spacial score (nSPS) is 10.0. The first kappa shape index (κ1) is 15.5. The van der Waals surface area contributed by atoms with Gasteiger partial charge in [-0.1, -0.05) is 47.5 Å². The summed E-state index contributed by atoms with van der Waals surface area (Å²) in [7, 11) is 1.59. The standard InChI is InChI=1S/C15H14Cl2N2O2/c1-21-13-8-3-2-5-10(13)9-18-15(20)19-12-7-4-6-11(16)14(12)17/h2-8H,9H2,1H3,(H2,18,19,20). The van der Waals surface area contributed by atoms with Crippen LogP contribution in [0.25, 0.3) is 0 Å². The maximum Gasteiger partial charge on any atom is 0.319 e. The van der Waals surface area contributed by atoms with E-state index in [9.17, 15) is 4.79 Å². The molecule has 4 nitrogen and oxygen atoms in total. The van der Waals surface area contributed by atoms with E-state index in [1.165, 1.54) is 0 Å². The Balaban J connectivity index is 1.98. The lowest BCUT2D eigenvalue weighted by atomic mass is 10.2. The van der Waals surface area contributed by atoms with Crippen molar-refractivity contribution in [3.8, 4) is 5.75 Å². The van der Waals surface area contributed by atoms with Crippen molar-refractivity contribution in [2.24, 2.45) is 0 Å². The largest absolute Gasteiger partial charge is 0.496 e. The average molecular weight is 325 g/mol. The molecule has 2 rings (SSSR count). The summed E-state index contributed by atoms with van der Waals surface area (Å²) in [6.07, 6.45) is 0. The van der Waals surface area contributed by atoms with Crippen LogP contribution in [0.15, 0.2) is 42.5 Å². The van der Waals surface area contributed by atoms with Crippen molar-refractivity contribution in [3.05, 3.63) is 58.1 Å². The maximum absolute atomic E-state index is 11.9. The molecule has 6 heteroatoms. The number of hydrogen-bond donors (Lipinski definition) is 2. The maximum atomic E-state index is 11.9. The van der Waals surface area contributed by atoms with Gasteiger partial charge in [-0.05, 0) is 18.2 Å². The highest BCUT2D eigenvalue weighted by Crippen LogP contribution is 2.29. The Morgan fingerprint density at radius 3 is 2.67 bits per heavy atom. The van der Waals surface area contributed by atoms with Gasteiger partial charge < -0.3 is 15.4 Å². The Labute approximate surface area is 133 Å². The molecule has 0 radical (unpaired) electrons. The molecule has 2 N–H and O–H groups in total. The van der Waals surface area contributed by atoms with E-state index in [2.05, 4.69) is 10.6 Å². The lowest BCUT2D eigenvalue weighted by Crippen LogP contribution is -2.28. The van der Waals surface area contributed by atoms with Gasteiger partial charge in [0.2, 0.25) is 0 Å². The molecule has 21 heavy (non-hydrogen) atoms. The molecule has 110 valence electrons. The molecule has 2 amide bonds. The highest BCUT2D eigenvalue weighted by atomic mass is 35.5. The Kier molecular flexibility index (Phi) is 5.31. The van der Waals surface area contributed by atoms with E-state index in [1.54, 1.807) is 25.3 Å². The van der Waals surface area contributed by atoms with Gasteiger partial charge in [-0.2, -0.15) is 0 Å². The lowest BCUT2D eigenvalue weighted by molar-refractivity contribution is 0.251. The summed E-state index contributed by atoms with van der Waals surface area (Å²) in [6, 6.07) is 12.1. The fourth-order valence-electron chi connectivity index (χ4n) is 1.79. The highest BCUT2D eigenvalue weighted by molar-refractivity contribution is 6.43. The molecule has 0 aromatic heterocycles. The smallest absolute Gasteiger partial charge is 0.319 e. The number of carbonyl (C=O) groups is 1. The van der Waals surface area contributed by atoms with E-state index < -0.39 is 0 Å². The fraction of sp³-hybridized carbons (Fsp3) is 0.133. The van der Waals surface area contributed by atoms with Crippen molar-refractivity contribution >= 4 is 34.9 Å². The Hall–Kier alpha value is -1.91. The zero-order chi connectivity index (χ0) is 15.2. The molecular weight excluding hydrogens is 311 g/mol. The number of methoxy groups -OCH3 is 1. The molecular formula is C15H14Cl2N2O2. The zero-order valence-corrected chi connectivity index (χ0v) is 12.8. The van der Waals surface area contributed by atoms with Gasteiger partial charge in [-0.25, -0.2) is 4.79 Å². The number of rotatable bonds is 4. The molecule has 0 aliphatic rings. The third kappa shape index (κ3) is 4.03. The molecule has 0 bridgehead atoms. The first-order valence-electron chi connectivity index (χ1n) is 6.22. The lowest BCUT2D eigenvalue weighted by Gasteiger charge is -2.11. The number of halogens is 2. The van der Waals surface area contributed by atoms with Gasteiger partial charge in [0.25, 0.3) is 0 Å². The van der Waals surface area contributed by atoms with Crippen LogP contribution in [0.5, 0.6) is 5.75 Å². The summed E-state index contributed by atoms with van der Waals surface area (Å²) in [6.45, 7) is 0.341. The number of anilines is 1. The van der Waals surface area contributed by atoms with Crippen LogP contribution in [0.4, 0.5) is 10.5 Å². The van der Waals surface area contributed by atoms with Crippen LogP contribution in [0, 0.1) is 0 Å². The van der Waals surface area contributed by atoms with Gasteiger partial charge in [0.05, 0.1) is 22.8 Å². The summed E-state index contributed by atoms with van der Waals surface area (Å²) in [4.78, 5) is 11.9. The van der Waals surface area contributed by atoms with Gasteiger partial charge in [0.1, 0.15) is 5.75 Å². The van der Waals surface area contributed by atoms with Crippen LogP contribution < -0.4 is 15.4 Å². The third-order valence-corrected chi connectivity index (χ3v) is 3.65. The summed E-state index contributed by atoms with van der Waals surface area (Å²) >= 11 is 11.9. The molecule has 0 aliphatic heterocycles. The minimum atomic E-state index is -0.370. The van der Waals surface area contributed by atoms with E-state index in [-0.39, 0.29) is 6.03 Å². The van der Waals surface area contributed by atoms with Gasteiger partial charge >= 0.3 is 6.03 Å². The first-order chi connectivity index (χ1) is 10.1. The summed E-state index contributed by atoms with van der Waals surface area (Å²) < 4.78 is 5.22. The van der Waals surface area contributed by atoms with Crippen molar-refractivity contribution < 1.29 is 9.53 Å². The van der Waals surface area contributed by atoms with Gasteiger partial charge in [0, 0.05) is 12.1 Å². The number of nitrogens with one attached hydrogen (secondary N) is 2. The fourth-order valence-corrected chi connectivity index (χ4v) is 2.14. The molecule has 0 spiro atoms. The highest BCUT2D eigenvalue weighted by Gasteiger charge is 2.09. The van der Waals surface area contributed by atoms with Crippen LogP contribution in [0.2, 0.25) is 10.0 Å². The second-order valence-electron chi connectivity index (χ2n) is 4.22. The number of hydrogen-bond acceptors (Lipinski definition) is 2. The second-order valence-corrected chi connectivity index (χ2v) is 5.01. The van der Waals surface area contributed by atoms with Gasteiger partial charge in [-0.3, -0.25) is 0 Å². The molecule has 0 fully saturated rings. The van der Waals surface area contributed by atoms with E-state index in [1.807, 2.05) is 24.3 Å². The number of amides is 2. The van der Waals surface area contributed by atoms with Crippen LogP contribution in [0.1, 0.15) is 5.56 Å². The molecule has 0 aliphatic carbocycles. The predicted octanol–water partition coefficient (Wildman–Crippen LogP) is 4.32. The predicted molar refractivity (Wildman–Crippen MR) is 85.3 cm³/mol. The molecule has 2 aromatic carbocycles. The zero-order valence-electron chi connectivity index (χ0n) is 11.3. The average Bonchev–Trinajstić information content (AvgIpc) is 2.50. The number of urea groups is 1. The summed E-state index contributed by atoms with van der Waals surface area (Å²) in [5, 5.41) is 6.09. The molecule has 0 saturated heterocycles. The Morgan fingerprint density at radius 1 is 1.14 bits per heavy atom. The number of carbonyl (C=O) groups excluding carboxylic acids is 1. The molecule has 2 aromatic rings. The Bertz CT molecular complexity index is 647. The molecule has 0 atom stereocenters. The minimum absolute atomic E-state index is 0.312. The van der Waals surface area contributed by atoms with Crippen molar-refractivity contribution in [1.29, 1.82) is 0 Å². The van der Waals surface area contributed by atoms with E-state index in [0.717, 1.165) is 11.3 Å². The molecule has 0 unspecified atom stereocenters. The topological polar surface area (TPSA) is 50.4 Å². The van der Waals surface area contributed by atoms with Crippen LogP contribution >= 0.6 is 23.2 Å². The van der Waals surface area contributed by atoms with Gasteiger partial charge in [-0.15, -0.1) is 0 Å². The molecule has 0 saturated carbocycles. The van der Waals surface area contributed by atoms with Crippen molar-refractivity contribution in [1.82, 2.24) is 5.32 Å². The number of benzene rings is 2. The van der Waals surface area contributed by atoms with E-state index in [4.69, 9.17) is 27.9 Å². The quantitative estimate of drug-likeness (QED) is 0.879. The van der Waals surface area contributed by atoms with E-state index >= 15 is 0 Å². The van der Waals surface area contributed by atoms with Crippen LogP contribution in [-0.2, 0) is 6.54 Å². The van der Waals surface area contributed by atoms with Crippen molar-refractivity contribution in [2.45, 2.75) is 6.54 Å². The van der Waals surface area contributed by atoms with Crippen molar-refractivity contribution in [2.75, 3.05) is 12.4 Å². The number of para-hydroxylation sites is 1. The summed E-state index contributed by atoms with van der Waals surface area (Å²) in [5.41, 5.74) is 1.34. The SMILES string of the molecule is COc1ccccc1CNC(=O)Nc1cccc(Cl)c1Cl. The number of ether oxygens (including phenoxy) is 1. The van der Waals surface area contributed by atoms with Crippen LogP contribution in [0.3, 0.4) is 0 Å². The van der Waals surface area contributed by atoms with Crippen LogP contribution in [-0.4, -0.2) is 13.1 Å². The van der Waals surface area contributed by atoms with Gasteiger partial charge in [0.15, 0.2) is 0 Å². The second kappa shape index (κ2) is 7.20. The first-order valence-corrected chi connectivity index (χ1v) is 6.98. The Morgan fingerprint density at radius 2 is 1.90 bits per heavy atom. The third-order valence-electron chi connectivity index (χ3n) is 2.83.